The van der Waals surface area contributed by atoms with Gasteiger partial charge in [-0.05, 0) is 32.0 Å². The van der Waals surface area contributed by atoms with Gasteiger partial charge < -0.3 is 5.32 Å². The summed E-state index contributed by atoms with van der Waals surface area (Å²) in [6.45, 7) is 1.97. The molecule has 5 nitrogen and oxygen atoms in total. The van der Waals surface area contributed by atoms with Gasteiger partial charge in [0.1, 0.15) is 5.82 Å². The summed E-state index contributed by atoms with van der Waals surface area (Å²) in [6.07, 6.45) is 8.01. The van der Waals surface area contributed by atoms with Crippen molar-refractivity contribution >= 4 is 21.6 Å². The Hall–Kier alpha value is -1.53. The zero-order chi connectivity index (χ0) is 14.4. The lowest BCUT2D eigenvalue weighted by Crippen LogP contribution is -2.29. The number of nitrogens with one attached hydrogen (secondary N) is 1. The molecule has 6 heteroatoms. The van der Waals surface area contributed by atoms with E-state index in [0.29, 0.717) is 5.92 Å². The predicted molar refractivity (Wildman–Crippen MR) is 85.1 cm³/mol. The van der Waals surface area contributed by atoms with E-state index in [2.05, 4.69) is 26.2 Å². The first-order valence-electron chi connectivity index (χ1n) is 7.21. The Morgan fingerprint density at radius 2 is 2.14 bits per heavy atom. The summed E-state index contributed by atoms with van der Waals surface area (Å²) in [5.41, 5.74) is 1.78. The minimum absolute atomic E-state index is 0.0376. The van der Waals surface area contributed by atoms with Gasteiger partial charge in [-0.1, -0.05) is 28.1 Å². The summed E-state index contributed by atoms with van der Waals surface area (Å²) in [7, 11) is 0. The van der Waals surface area contributed by atoms with Crippen LogP contribution >= 0.6 is 15.9 Å². The van der Waals surface area contributed by atoms with Crippen molar-refractivity contribution in [3.05, 3.63) is 50.6 Å². The molecular formula is C15H15BrN4O. The van der Waals surface area contributed by atoms with Gasteiger partial charge in [0.25, 0.3) is 5.56 Å². The molecule has 0 bridgehead atoms. The van der Waals surface area contributed by atoms with E-state index in [4.69, 9.17) is 5.10 Å². The van der Waals surface area contributed by atoms with Crippen molar-refractivity contribution in [1.82, 2.24) is 15.0 Å². The molecule has 1 saturated heterocycles. The Kier molecular flexibility index (Phi) is 3.15. The predicted octanol–water partition coefficient (Wildman–Crippen LogP) is 1.86. The summed E-state index contributed by atoms with van der Waals surface area (Å²) in [4.78, 5) is 16.2. The van der Waals surface area contributed by atoms with Gasteiger partial charge in [0, 0.05) is 16.5 Å². The SMILES string of the molecule is O=c1cc(C2CCNCC2)n2c(n1)C1C(Br)=CC=CC1=N2. The van der Waals surface area contributed by atoms with Gasteiger partial charge in [-0.15, -0.1) is 0 Å². The van der Waals surface area contributed by atoms with Crippen molar-refractivity contribution in [2.24, 2.45) is 5.10 Å². The molecule has 1 aromatic rings. The van der Waals surface area contributed by atoms with E-state index in [1.807, 2.05) is 22.9 Å². The molecular weight excluding hydrogens is 332 g/mol. The lowest BCUT2D eigenvalue weighted by atomic mass is 9.93. The Bertz CT molecular complexity index is 741. The number of nitrogens with zero attached hydrogens (tertiary/aromatic N) is 3. The van der Waals surface area contributed by atoms with E-state index in [1.165, 1.54) is 0 Å². The highest BCUT2D eigenvalue weighted by Crippen LogP contribution is 2.37. The largest absolute Gasteiger partial charge is 0.317 e. The van der Waals surface area contributed by atoms with Crippen molar-refractivity contribution < 1.29 is 0 Å². The molecule has 0 aromatic carbocycles. The molecule has 1 aliphatic carbocycles. The van der Waals surface area contributed by atoms with Crippen LogP contribution in [-0.2, 0) is 0 Å². The van der Waals surface area contributed by atoms with E-state index in [9.17, 15) is 4.79 Å². The molecule has 3 aliphatic rings. The van der Waals surface area contributed by atoms with Gasteiger partial charge >= 0.3 is 0 Å². The normalized spacial score (nSPS) is 24.3. The molecule has 1 aromatic heterocycles. The summed E-state index contributed by atoms with van der Waals surface area (Å²) in [5.74, 6) is 1.07. The van der Waals surface area contributed by atoms with Gasteiger partial charge in [0.2, 0.25) is 0 Å². The van der Waals surface area contributed by atoms with Crippen molar-refractivity contribution in [2.75, 3.05) is 13.1 Å². The Balaban J connectivity index is 1.86. The summed E-state index contributed by atoms with van der Waals surface area (Å²) >= 11 is 3.57. The second-order valence-corrected chi connectivity index (χ2v) is 6.50. The number of hydrogen-bond acceptors (Lipinski definition) is 4. The van der Waals surface area contributed by atoms with Crippen LogP contribution in [0.4, 0.5) is 0 Å². The van der Waals surface area contributed by atoms with Crippen LogP contribution in [0.2, 0.25) is 0 Å². The molecule has 0 saturated carbocycles. The summed E-state index contributed by atoms with van der Waals surface area (Å²) < 4.78 is 2.90. The quantitative estimate of drug-likeness (QED) is 0.844. The fourth-order valence-corrected chi connectivity index (χ4v) is 3.84. The maximum Gasteiger partial charge on any atom is 0.273 e. The first-order valence-corrected chi connectivity index (χ1v) is 8.00. The molecule has 0 amide bonds. The lowest BCUT2D eigenvalue weighted by molar-refractivity contribution is 0.439. The lowest BCUT2D eigenvalue weighted by Gasteiger charge is -2.24. The molecule has 2 aliphatic heterocycles. The fraction of sp³-hybridized carbons (Fsp3) is 0.400. The molecule has 1 fully saturated rings. The fourth-order valence-electron chi connectivity index (χ4n) is 3.25. The molecule has 4 rings (SSSR count). The first kappa shape index (κ1) is 13.2. The third-order valence-corrected chi connectivity index (χ3v) is 5.00. The molecule has 1 N–H and O–H groups in total. The van der Waals surface area contributed by atoms with Crippen LogP contribution in [0.15, 0.2) is 38.7 Å². The van der Waals surface area contributed by atoms with Crippen LogP contribution in [-0.4, -0.2) is 28.5 Å². The van der Waals surface area contributed by atoms with Crippen molar-refractivity contribution in [3.8, 4) is 0 Å². The monoisotopic (exact) mass is 346 g/mol. The number of rotatable bonds is 1. The standard InChI is InChI=1S/C15H15BrN4O/c16-10-2-1-3-11-14(10)15-18-13(21)8-12(20(15)19-11)9-4-6-17-7-5-9/h1-3,8-9,14,17H,4-7H2. The topological polar surface area (TPSA) is 59.3 Å². The minimum Gasteiger partial charge on any atom is -0.317 e. The second-order valence-electron chi connectivity index (χ2n) is 5.58. The van der Waals surface area contributed by atoms with Gasteiger partial charge in [-0.2, -0.15) is 10.1 Å². The number of halogens is 1. The smallest absolute Gasteiger partial charge is 0.273 e. The third kappa shape index (κ3) is 2.13. The highest BCUT2D eigenvalue weighted by atomic mass is 79.9. The molecule has 21 heavy (non-hydrogen) atoms. The molecule has 1 unspecified atom stereocenters. The number of piperidine rings is 1. The highest BCUT2D eigenvalue weighted by molar-refractivity contribution is 9.11. The number of hydrogen-bond donors (Lipinski definition) is 1. The minimum atomic E-state index is -0.166. The summed E-state index contributed by atoms with van der Waals surface area (Å²) in [6, 6.07) is 1.65. The van der Waals surface area contributed by atoms with E-state index in [0.717, 1.165) is 47.6 Å². The van der Waals surface area contributed by atoms with Gasteiger partial charge in [0.05, 0.1) is 17.3 Å². The van der Waals surface area contributed by atoms with E-state index in [-0.39, 0.29) is 11.5 Å². The maximum atomic E-state index is 12.0. The molecule has 1 atom stereocenters. The van der Waals surface area contributed by atoms with E-state index >= 15 is 0 Å². The maximum absolute atomic E-state index is 12.0. The van der Waals surface area contributed by atoms with Crippen LogP contribution in [0.5, 0.6) is 0 Å². The second kappa shape index (κ2) is 5.03. The van der Waals surface area contributed by atoms with Gasteiger partial charge in [0.15, 0.2) is 0 Å². The highest BCUT2D eigenvalue weighted by Gasteiger charge is 2.34. The van der Waals surface area contributed by atoms with Gasteiger partial charge in [-0.3, -0.25) is 4.79 Å². The average Bonchev–Trinajstić information content (AvgIpc) is 2.87. The van der Waals surface area contributed by atoms with Crippen molar-refractivity contribution in [2.45, 2.75) is 24.7 Å². The van der Waals surface area contributed by atoms with Crippen LogP contribution in [0.1, 0.15) is 36.2 Å². The molecule has 108 valence electrons. The summed E-state index contributed by atoms with van der Waals surface area (Å²) in [5, 5.41) is 8.05. The zero-order valence-corrected chi connectivity index (χ0v) is 13.0. The van der Waals surface area contributed by atoms with Crippen LogP contribution in [0.3, 0.4) is 0 Å². The molecule has 0 spiro atoms. The number of fused-ring (bicyclic) bond motifs is 3. The Morgan fingerprint density at radius 3 is 2.95 bits per heavy atom. The number of allylic oxidation sites excluding steroid dienone is 4. The Morgan fingerprint density at radius 1 is 1.33 bits per heavy atom. The zero-order valence-electron chi connectivity index (χ0n) is 11.4. The van der Waals surface area contributed by atoms with Crippen LogP contribution < -0.4 is 10.9 Å². The average molecular weight is 347 g/mol. The first-order chi connectivity index (χ1) is 10.2. The van der Waals surface area contributed by atoms with E-state index in [1.54, 1.807) is 6.07 Å². The van der Waals surface area contributed by atoms with Crippen molar-refractivity contribution in [1.29, 1.82) is 0 Å². The molecule has 3 heterocycles. The van der Waals surface area contributed by atoms with Crippen LogP contribution in [0.25, 0.3) is 0 Å². The Labute approximate surface area is 130 Å². The van der Waals surface area contributed by atoms with E-state index < -0.39 is 0 Å². The van der Waals surface area contributed by atoms with Crippen LogP contribution in [0, 0.1) is 0 Å². The number of aromatic nitrogens is 2. The third-order valence-electron chi connectivity index (χ3n) is 4.28. The van der Waals surface area contributed by atoms with Gasteiger partial charge in [-0.25, -0.2) is 4.68 Å². The van der Waals surface area contributed by atoms with Crippen molar-refractivity contribution in [3.63, 3.8) is 0 Å². The molecule has 0 radical (unpaired) electrons.